The standard InChI is InChI=1S/C23H26N2O4/c1-14(2)20-19(22(26)28-15(3)4)21(25-23(27)24-20)16-10-12-18(13-11-16)29-17-8-6-5-7-9-17/h5-15,21H,1-4H3,(H2,24,25,27). The predicted molar refractivity (Wildman–Crippen MR) is 110 cm³/mol. The van der Waals surface area contributed by atoms with Crippen LogP contribution in [0.2, 0.25) is 0 Å². The summed E-state index contributed by atoms with van der Waals surface area (Å²) in [6.45, 7) is 7.45. The van der Waals surface area contributed by atoms with Crippen LogP contribution in [-0.4, -0.2) is 18.1 Å². The van der Waals surface area contributed by atoms with Crippen molar-refractivity contribution in [3.63, 3.8) is 0 Å². The van der Waals surface area contributed by atoms with Crippen molar-refractivity contribution >= 4 is 12.0 Å². The van der Waals surface area contributed by atoms with Gasteiger partial charge in [-0.1, -0.05) is 44.2 Å². The Hall–Kier alpha value is -3.28. The van der Waals surface area contributed by atoms with Crippen molar-refractivity contribution in [2.45, 2.75) is 39.8 Å². The minimum atomic E-state index is -0.599. The Bertz CT molecular complexity index is 902. The number of esters is 1. The van der Waals surface area contributed by atoms with Gasteiger partial charge in [-0.05, 0) is 49.6 Å². The van der Waals surface area contributed by atoms with Crippen molar-refractivity contribution in [3.05, 3.63) is 71.4 Å². The number of urea groups is 1. The lowest BCUT2D eigenvalue weighted by Gasteiger charge is -2.31. The molecule has 152 valence electrons. The molecule has 0 spiro atoms. The van der Waals surface area contributed by atoms with Crippen molar-refractivity contribution < 1.29 is 19.1 Å². The van der Waals surface area contributed by atoms with E-state index in [1.807, 2.05) is 68.4 Å². The van der Waals surface area contributed by atoms with Crippen LogP contribution in [0.25, 0.3) is 0 Å². The summed E-state index contributed by atoms with van der Waals surface area (Å²) in [6, 6.07) is 15.8. The molecule has 0 saturated carbocycles. The highest BCUT2D eigenvalue weighted by Gasteiger charge is 2.35. The Morgan fingerprint density at radius 3 is 2.14 bits per heavy atom. The second-order valence-electron chi connectivity index (χ2n) is 7.45. The van der Waals surface area contributed by atoms with Crippen LogP contribution in [0.5, 0.6) is 11.5 Å². The fraction of sp³-hybridized carbons (Fsp3) is 0.304. The Kier molecular flexibility index (Phi) is 6.22. The molecule has 0 bridgehead atoms. The number of carbonyl (C=O) groups excluding carboxylic acids is 2. The third-order valence-electron chi connectivity index (χ3n) is 4.43. The van der Waals surface area contributed by atoms with E-state index in [4.69, 9.17) is 9.47 Å². The number of hydrogen-bond acceptors (Lipinski definition) is 4. The molecule has 2 N–H and O–H groups in total. The van der Waals surface area contributed by atoms with Gasteiger partial charge < -0.3 is 20.1 Å². The minimum Gasteiger partial charge on any atom is -0.459 e. The number of allylic oxidation sites excluding steroid dienone is 1. The van der Waals surface area contributed by atoms with Crippen molar-refractivity contribution in [3.8, 4) is 11.5 Å². The van der Waals surface area contributed by atoms with Crippen molar-refractivity contribution in [2.24, 2.45) is 5.92 Å². The van der Waals surface area contributed by atoms with E-state index in [0.29, 0.717) is 17.0 Å². The molecular weight excluding hydrogens is 368 g/mol. The van der Waals surface area contributed by atoms with Crippen LogP contribution >= 0.6 is 0 Å². The molecule has 1 aliphatic heterocycles. The number of ether oxygens (including phenoxy) is 2. The molecule has 1 aliphatic rings. The molecule has 2 aromatic rings. The van der Waals surface area contributed by atoms with Gasteiger partial charge in [-0.3, -0.25) is 0 Å². The van der Waals surface area contributed by atoms with E-state index in [1.165, 1.54) is 0 Å². The van der Waals surface area contributed by atoms with Crippen LogP contribution in [0.3, 0.4) is 0 Å². The first kappa shape index (κ1) is 20.5. The quantitative estimate of drug-likeness (QED) is 0.697. The number of benzene rings is 2. The SMILES string of the molecule is CC(C)OC(=O)C1=C(C(C)C)NC(=O)NC1c1ccc(Oc2ccccc2)cc1. The summed E-state index contributed by atoms with van der Waals surface area (Å²) in [7, 11) is 0. The Labute approximate surface area is 170 Å². The van der Waals surface area contributed by atoms with Crippen molar-refractivity contribution in [2.75, 3.05) is 0 Å². The third kappa shape index (κ3) is 4.96. The lowest BCUT2D eigenvalue weighted by atomic mass is 9.91. The van der Waals surface area contributed by atoms with Crippen molar-refractivity contribution in [1.29, 1.82) is 0 Å². The van der Waals surface area contributed by atoms with Gasteiger partial charge in [0, 0.05) is 5.70 Å². The second kappa shape index (κ2) is 8.82. The first-order valence-corrected chi connectivity index (χ1v) is 9.70. The van der Waals surface area contributed by atoms with Crippen LogP contribution in [0.1, 0.15) is 39.3 Å². The molecule has 2 aromatic carbocycles. The van der Waals surface area contributed by atoms with Crippen LogP contribution in [-0.2, 0) is 9.53 Å². The molecule has 0 aliphatic carbocycles. The van der Waals surface area contributed by atoms with Crippen molar-refractivity contribution in [1.82, 2.24) is 10.6 Å². The molecule has 2 amide bonds. The molecular formula is C23H26N2O4. The molecule has 0 aromatic heterocycles. The molecule has 6 nitrogen and oxygen atoms in total. The Morgan fingerprint density at radius 1 is 0.931 bits per heavy atom. The van der Waals surface area contributed by atoms with Gasteiger partial charge in [-0.25, -0.2) is 9.59 Å². The maximum Gasteiger partial charge on any atom is 0.338 e. The van der Waals surface area contributed by atoms with E-state index in [0.717, 1.165) is 11.3 Å². The Balaban J connectivity index is 1.92. The molecule has 1 atom stereocenters. The van der Waals surface area contributed by atoms with Gasteiger partial charge in [0.1, 0.15) is 11.5 Å². The van der Waals surface area contributed by atoms with Crippen LogP contribution in [0.4, 0.5) is 4.79 Å². The zero-order chi connectivity index (χ0) is 21.0. The first-order valence-electron chi connectivity index (χ1n) is 9.70. The maximum atomic E-state index is 12.8. The number of para-hydroxylation sites is 1. The largest absolute Gasteiger partial charge is 0.459 e. The minimum absolute atomic E-state index is 0.0426. The van der Waals surface area contributed by atoms with Gasteiger partial charge >= 0.3 is 12.0 Å². The van der Waals surface area contributed by atoms with Crippen LogP contribution < -0.4 is 15.4 Å². The van der Waals surface area contributed by atoms with E-state index in [-0.39, 0.29) is 18.1 Å². The number of carbonyl (C=O) groups is 2. The monoisotopic (exact) mass is 394 g/mol. The molecule has 1 heterocycles. The molecule has 29 heavy (non-hydrogen) atoms. The van der Waals surface area contributed by atoms with Gasteiger partial charge in [-0.15, -0.1) is 0 Å². The molecule has 1 unspecified atom stereocenters. The zero-order valence-electron chi connectivity index (χ0n) is 17.1. The average molecular weight is 394 g/mol. The molecule has 0 fully saturated rings. The van der Waals surface area contributed by atoms with E-state index in [1.54, 1.807) is 13.8 Å². The highest BCUT2D eigenvalue weighted by Crippen LogP contribution is 2.32. The molecule has 6 heteroatoms. The van der Waals surface area contributed by atoms with Crippen LogP contribution in [0.15, 0.2) is 65.9 Å². The predicted octanol–water partition coefficient (Wildman–Crippen LogP) is 4.69. The summed E-state index contributed by atoms with van der Waals surface area (Å²) in [4.78, 5) is 25.1. The summed E-state index contributed by atoms with van der Waals surface area (Å²) in [6.07, 6.45) is -0.261. The van der Waals surface area contributed by atoms with E-state index >= 15 is 0 Å². The van der Waals surface area contributed by atoms with E-state index < -0.39 is 12.0 Å². The van der Waals surface area contributed by atoms with Gasteiger partial charge in [0.2, 0.25) is 0 Å². The van der Waals surface area contributed by atoms with Gasteiger partial charge in [0.15, 0.2) is 0 Å². The summed E-state index contributed by atoms with van der Waals surface area (Å²) in [5, 5.41) is 5.61. The summed E-state index contributed by atoms with van der Waals surface area (Å²) < 4.78 is 11.3. The van der Waals surface area contributed by atoms with E-state index in [9.17, 15) is 9.59 Å². The second-order valence-corrected chi connectivity index (χ2v) is 7.45. The van der Waals surface area contributed by atoms with Gasteiger partial charge in [0.25, 0.3) is 0 Å². The third-order valence-corrected chi connectivity index (χ3v) is 4.43. The highest BCUT2D eigenvalue weighted by molar-refractivity contribution is 5.95. The maximum absolute atomic E-state index is 12.8. The lowest BCUT2D eigenvalue weighted by Crippen LogP contribution is -2.47. The van der Waals surface area contributed by atoms with E-state index in [2.05, 4.69) is 10.6 Å². The number of nitrogens with one attached hydrogen (secondary N) is 2. The normalized spacial score (nSPS) is 16.5. The van der Waals surface area contributed by atoms with Crippen LogP contribution in [0, 0.1) is 5.92 Å². The Morgan fingerprint density at radius 2 is 1.55 bits per heavy atom. The zero-order valence-corrected chi connectivity index (χ0v) is 17.1. The van der Waals surface area contributed by atoms with Gasteiger partial charge in [0.05, 0.1) is 17.7 Å². The average Bonchev–Trinajstić information content (AvgIpc) is 2.68. The molecule has 0 saturated heterocycles. The summed E-state index contributed by atoms with van der Waals surface area (Å²) in [5.74, 6) is 0.919. The topological polar surface area (TPSA) is 76.7 Å². The number of amides is 2. The summed E-state index contributed by atoms with van der Waals surface area (Å²) in [5.41, 5.74) is 1.77. The highest BCUT2D eigenvalue weighted by atomic mass is 16.5. The molecule has 0 radical (unpaired) electrons. The first-order chi connectivity index (χ1) is 13.8. The fourth-order valence-electron chi connectivity index (χ4n) is 3.15. The summed E-state index contributed by atoms with van der Waals surface area (Å²) >= 11 is 0. The number of rotatable bonds is 6. The number of hydrogen-bond donors (Lipinski definition) is 2. The molecule has 3 rings (SSSR count). The fourth-order valence-corrected chi connectivity index (χ4v) is 3.15. The lowest BCUT2D eigenvalue weighted by molar-refractivity contribution is -0.143. The smallest absolute Gasteiger partial charge is 0.338 e. The van der Waals surface area contributed by atoms with Gasteiger partial charge in [-0.2, -0.15) is 0 Å².